The van der Waals surface area contributed by atoms with E-state index in [4.69, 9.17) is 9.47 Å². The van der Waals surface area contributed by atoms with Crippen LogP contribution in [0.25, 0.3) is 0 Å². The number of ether oxygens (including phenoxy) is 2. The third kappa shape index (κ3) is 4.11. The van der Waals surface area contributed by atoms with Crippen LogP contribution in [0.2, 0.25) is 0 Å². The summed E-state index contributed by atoms with van der Waals surface area (Å²) in [6, 6.07) is 6.47. The van der Waals surface area contributed by atoms with Gasteiger partial charge in [0.1, 0.15) is 28.4 Å². The smallest absolute Gasteiger partial charge is 0.258 e. The van der Waals surface area contributed by atoms with E-state index in [0.29, 0.717) is 6.54 Å². The Bertz CT molecular complexity index is 833. The topological polar surface area (TPSA) is 97.8 Å². The lowest BCUT2D eigenvalue weighted by Gasteiger charge is -2.32. The lowest BCUT2D eigenvalue weighted by atomic mass is 9.92. The molecule has 0 atom stereocenters. The van der Waals surface area contributed by atoms with Crippen molar-refractivity contribution in [3.05, 3.63) is 47.8 Å². The van der Waals surface area contributed by atoms with Crippen molar-refractivity contribution in [3.8, 4) is 17.2 Å². The van der Waals surface area contributed by atoms with Gasteiger partial charge in [0, 0.05) is 31.1 Å². The van der Waals surface area contributed by atoms with Gasteiger partial charge in [-0.15, -0.1) is 0 Å². The summed E-state index contributed by atoms with van der Waals surface area (Å²) >= 11 is 0. The normalized spacial score (nSPS) is 14.9. The van der Waals surface area contributed by atoms with Gasteiger partial charge in [0.15, 0.2) is 12.4 Å². The number of hydrogen-bond donors (Lipinski definition) is 2. The van der Waals surface area contributed by atoms with Gasteiger partial charge in [-0.05, 0) is 25.5 Å². The third-order valence-corrected chi connectivity index (χ3v) is 3.89. The second kappa shape index (κ2) is 7.03. The summed E-state index contributed by atoms with van der Waals surface area (Å²) in [5.41, 5.74) is 0.370. The SMILES string of the molecule is CC1(C)CC(=O)c2c(O)cc(OCC(=O)NCc3cccnc3)cc2O1. The van der Waals surface area contributed by atoms with E-state index in [-0.39, 0.29) is 47.5 Å². The molecule has 3 rings (SSSR count). The Morgan fingerprint density at radius 3 is 2.96 bits per heavy atom. The van der Waals surface area contributed by atoms with E-state index in [0.717, 1.165) is 5.56 Å². The highest BCUT2D eigenvalue weighted by Crippen LogP contribution is 2.40. The van der Waals surface area contributed by atoms with E-state index in [1.54, 1.807) is 32.3 Å². The maximum absolute atomic E-state index is 12.2. The number of rotatable bonds is 5. The van der Waals surface area contributed by atoms with Crippen molar-refractivity contribution in [2.45, 2.75) is 32.4 Å². The number of aromatic hydroxyl groups is 1. The Kier molecular flexibility index (Phi) is 4.79. The first kappa shape index (κ1) is 17.7. The van der Waals surface area contributed by atoms with Crippen LogP contribution in [0.5, 0.6) is 17.2 Å². The second-order valence-corrected chi connectivity index (χ2v) is 6.70. The van der Waals surface area contributed by atoms with Crippen molar-refractivity contribution >= 4 is 11.7 Å². The molecule has 0 bridgehead atoms. The molecule has 0 unspecified atom stereocenters. The zero-order valence-electron chi connectivity index (χ0n) is 14.6. The van der Waals surface area contributed by atoms with Gasteiger partial charge in [-0.3, -0.25) is 14.6 Å². The lowest BCUT2D eigenvalue weighted by molar-refractivity contribution is -0.123. The van der Waals surface area contributed by atoms with Gasteiger partial charge in [0.05, 0.1) is 6.42 Å². The summed E-state index contributed by atoms with van der Waals surface area (Å²) in [7, 11) is 0. The van der Waals surface area contributed by atoms with E-state index in [9.17, 15) is 14.7 Å². The number of fused-ring (bicyclic) bond motifs is 1. The number of aromatic nitrogens is 1. The molecule has 0 spiro atoms. The quantitative estimate of drug-likeness (QED) is 0.852. The van der Waals surface area contributed by atoms with Crippen molar-refractivity contribution in [2.75, 3.05) is 6.61 Å². The Labute approximate surface area is 151 Å². The molecule has 1 aliphatic heterocycles. The molecule has 0 saturated heterocycles. The molecule has 2 heterocycles. The molecule has 7 heteroatoms. The average Bonchev–Trinajstić information content (AvgIpc) is 2.57. The minimum Gasteiger partial charge on any atom is -0.507 e. The summed E-state index contributed by atoms with van der Waals surface area (Å²) in [5.74, 6) is -0.202. The lowest BCUT2D eigenvalue weighted by Crippen LogP contribution is -2.36. The molecule has 26 heavy (non-hydrogen) atoms. The van der Waals surface area contributed by atoms with E-state index >= 15 is 0 Å². The number of hydrogen-bond acceptors (Lipinski definition) is 6. The number of pyridine rings is 1. The van der Waals surface area contributed by atoms with Gasteiger partial charge in [-0.1, -0.05) is 6.07 Å². The zero-order valence-corrected chi connectivity index (χ0v) is 14.6. The molecule has 2 N–H and O–H groups in total. The van der Waals surface area contributed by atoms with Crippen molar-refractivity contribution in [3.63, 3.8) is 0 Å². The number of Topliss-reactive ketones (excluding diaryl/α,β-unsaturated/α-hetero) is 1. The summed E-state index contributed by atoms with van der Waals surface area (Å²) < 4.78 is 11.2. The van der Waals surface area contributed by atoms with Crippen LogP contribution >= 0.6 is 0 Å². The number of carbonyl (C=O) groups is 2. The molecule has 136 valence electrons. The van der Waals surface area contributed by atoms with Crippen molar-refractivity contribution < 1.29 is 24.2 Å². The highest BCUT2D eigenvalue weighted by molar-refractivity contribution is 6.03. The maximum atomic E-state index is 12.2. The standard InChI is InChI=1S/C19H20N2O5/c1-19(2)8-15(23)18-14(22)6-13(7-16(18)26-19)25-11-17(24)21-10-12-4-3-5-20-9-12/h3-7,9,22H,8,10-11H2,1-2H3,(H,21,24). The molecule has 1 aliphatic rings. The Hall–Kier alpha value is -3.09. The summed E-state index contributed by atoms with van der Waals surface area (Å²) in [6.07, 6.45) is 3.51. The summed E-state index contributed by atoms with van der Waals surface area (Å²) in [6.45, 7) is 3.71. The first-order valence-corrected chi connectivity index (χ1v) is 8.22. The molecular formula is C19H20N2O5. The number of ketones is 1. The molecule has 0 fully saturated rings. The minimum atomic E-state index is -0.657. The Morgan fingerprint density at radius 2 is 2.23 bits per heavy atom. The van der Waals surface area contributed by atoms with Gasteiger partial charge in [-0.2, -0.15) is 0 Å². The van der Waals surface area contributed by atoms with Gasteiger partial charge in [0.2, 0.25) is 0 Å². The van der Waals surface area contributed by atoms with Crippen LogP contribution in [-0.2, 0) is 11.3 Å². The first-order valence-electron chi connectivity index (χ1n) is 8.22. The van der Waals surface area contributed by atoms with Crippen LogP contribution in [0.4, 0.5) is 0 Å². The van der Waals surface area contributed by atoms with E-state index in [1.807, 2.05) is 6.07 Å². The fourth-order valence-corrected chi connectivity index (χ4v) is 2.73. The highest BCUT2D eigenvalue weighted by atomic mass is 16.5. The van der Waals surface area contributed by atoms with E-state index < -0.39 is 5.60 Å². The molecule has 1 aromatic heterocycles. The largest absolute Gasteiger partial charge is 0.507 e. The van der Waals surface area contributed by atoms with E-state index in [2.05, 4.69) is 10.3 Å². The van der Waals surface area contributed by atoms with Crippen molar-refractivity contribution in [1.29, 1.82) is 0 Å². The van der Waals surface area contributed by atoms with Crippen LogP contribution < -0.4 is 14.8 Å². The first-order chi connectivity index (χ1) is 12.3. The maximum Gasteiger partial charge on any atom is 0.258 e. The predicted octanol–water partition coefficient (Wildman–Crippen LogP) is 2.23. The minimum absolute atomic E-state index is 0.151. The fraction of sp³-hybridized carbons (Fsp3) is 0.316. The molecule has 0 radical (unpaired) electrons. The average molecular weight is 356 g/mol. The molecule has 7 nitrogen and oxygen atoms in total. The number of phenolic OH excluding ortho intramolecular Hbond substituents is 1. The van der Waals surface area contributed by atoms with Crippen LogP contribution in [0.3, 0.4) is 0 Å². The predicted molar refractivity (Wildman–Crippen MR) is 93.3 cm³/mol. The molecule has 0 aliphatic carbocycles. The van der Waals surface area contributed by atoms with Crippen LogP contribution in [0, 0.1) is 0 Å². The third-order valence-electron chi connectivity index (χ3n) is 3.89. The summed E-state index contributed by atoms with van der Waals surface area (Å²) in [4.78, 5) is 28.1. The van der Waals surface area contributed by atoms with Gasteiger partial charge in [-0.25, -0.2) is 0 Å². The molecular weight excluding hydrogens is 336 g/mol. The van der Waals surface area contributed by atoms with Gasteiger partial charge < -0.3 is 19.9 Å². The Morgan fingerprint density at radius 1 is 1.42 bits per heavy atom. The zero-order chi connectivity index (χ0) is 18.7. The summed E-state index contributed by atoms with van der Waals surface area (Å²) in [5, 5.41) is 12.8. The molecule has 1 aromatic carbocycles. The van der Waals surface area contributed by atoms with E-state index in [1.165, 1.54) is 12.1 Å². The van der Waals surface area contributed by atoms with Gasteiger partial charge in [0.25, 0.3) is 5.91 Å². The van der Waals surface area contributed by atoms with Crippen LogP contribution in [0.15, 0.2) is 36.7 Å². The van der Waals surface area contributed by atoms with Crippen molar-refractivity contribution in [2.24, 2.45) is 0 Å². The van der Waals surface area contributed by atoms with Crippen LogP contribution in [-0.4, -0.2) is 34.0 Å². The number of nitrogens with one attached hydrogen (secondary N) is 1. The number of amides is 1. The number of carbonyl (C=O) groups excluding carboxylic acids is 2. The molecule has 0 saturated carbocycles. The fourth-order valence-electron chi connectivity index (χ4n) is 2.73. The van der Waals surface area contributed by atoms with Crippen LogP contribution in [0.1, 0.15) is 36.2 Å². The number of benzene rings is 1. The highest BCUT2D eigenvalue weighted by Gasteiger charge is 2.34. The van der Waals surface area contributed by atoms with Gasteiger partial charge >= 0.3 is 0 Å². The Balaban J connectivity index is 1.63. The second-order valence-electron chi connectivity index (χ2n) is 6.70. The number of nitrogens with zero attached hydrogens (tertiary/aromatic N) is 1. The monoisotopic (exact) mass is 356 g/mol. The molecule has 1 amide bonds. The molecule has 2 aromatic rings. The van der Waals surface area contributed by atoms with Crippen molar-refractivity contribution in [1.82, 2.24) is 10.3 Å². The number of phenols is 1.